The van der Waals surface area contributed by atoms with E-state index in [1.807, 2.05) is 0 Å². The third-order valence-corrected chi connectivity index (χ3v) is 1.83. The van der Waals surface area contributed by atoms with Gasteiger partial charge in [-0.1, -0.05) is 6.04 Å². The third-order valence-electron chi connectivity index (χ3n) is 1.58. The number of hydrogen-bond acceptors (Lipinski definition) is 0. The predicted octanol–water partition coefficient (Wildman–Crippen LogP) is 2.37. The number of rotatable bonds is 2. The zero-order chi connectivity index (χ0) is 10.0. The molecule has 1 aromatic rings. The van der Waals surface area contributed by atoms with Gasteiger partial charge in [0.1, 0.15) is 5.82 Å². The van der Waals surface area contributed by atoms with Crippen molar-refractivity contribution in [2.24, 2.45) is 0 Å². The van der Waals surface area contributed by atoms with Crippen LogP contribution in [0.3, 0.4) is 0 Å². The van der Waals surface area contributed by atoms with Crippen molar-refractivity contribution in [3.63, 3.8) is 0 Å². The molecule has 0 atom stereocenters. The van der Waals surface area contributed by atoms with E-state index in [9.17, 15) is 17.6 Å². The van der Waals surface area contributed by atoms with E-state index in [0.29, 0.717) is 6.07 Å². The van der Waals surface area contributed by atoms with Crippen molar-refractivity contribution in [1.82, 2.24) is 0 Å². The normalized spacial score (nSPS) is 10.5. The van der Waals surface area contributed by atoms with E-state index in [2.05, 4.69) is 10.2 Å². The minimum absolute atomic E-state index is 0.0221. The number of hydrogen-bond donors (Lipinski definition) is 0. The van der Waals surface area contributed by atoms with E-state index in [4.69, 9.17) is 0 Å². The minimum Gasteiger partial charge on any atom is -0.206 e. The van der Waals surface area contributed by atoms with Crippen LogP contribution in [0.2, 0.25) is 6.04 Å². The van der Waals surface area contributed by atoms with Crippen LogP contribution in [0.4, 0.5) is 17.6 Å². The minimum atomic E-state index is -1.63. The highest BCUT2D eigenvalue weighted by Crippen LogP contribution is 2.19. The van der Waals surface area contributed by atoms with Crippen molar-refractivity contribution >= 4 is 10.2 Å². The van der Waals surface area contributed by atoms with Crippen LogP contribution in [0.25, 0.3) is 0 Å². The predicted molar refractivity (Wildman–Crippen MR) is 40.5 cm³/mol. The lowest BCUT2D eigenvalue weighted by molar-refractivity contribution is 0.425. The summed E-state index contributed by atoms with van der Waals surface area (Å²) in [5.41, 5.74) is -0.436. The molecular weight excluding hydrogens is 200 g/mol. The Morgan fingerprint density at radius 1 is 1.00 bits per heavy atom. The van der Waals surface area contributed by atoms with Crippen LogP contribution in [-0.2, 0) is 6.42 Å². The highest BCUT2D eigenvalue weighted by molar-refractivity contribution is 6.08. The summed E-state index contributed by atoms with van der Waals surface area (Å²) >= 11 is 0. The van der Waals surface area contributed by atoms with Crippen LogP contribution in [-0.4, -0.2) is 10.2 Å². The van der Waals surface area contributed by atoms with E-state index in [1.165, 1.54) is 0 Å². The summed E-state index contributed by atoms with van der Waals surface area (Å²) in [7, 11) is 2.99. The lowest BCUT2D eigenvalue weighted by Crippen LogP contribution is -2.02. The van der Waals surface area contributed by atoms with Crippen molar-refractivity contribution in [3.05, 3.63) is 34.9 Å². The van der Waals surface area contributed by atoms with Gasteiger partial charge < -0.3 is 0 Å². The van der Waals surface area contributed by atoms with Gasteiger partial charge in [0, 0.05) is 21.9 Å². The fraction of sp³-hybridized carbons (Fsp3) is 0.250. The molecule has 0 heterocycles. The summed E-state index contributed by atoms with van der Waals surface area (Å²) in [5.74, 6) is -5.64. The molecule has 0 amide bonds. The van der Waals surface area contributed by atoms with Crippen LogP contribution >= 0.6 is 0 Å². The zero-order valence-electron chi connectivity index (χ0n) is 6.50. The van der Waals surface area contributed by atoms with Gasteiger partial charge in [-0.25, -0.2) is 17.6 Å². The van der Waals surface area contributed by atoms with Crippen LogP contribution in [0.15, 0.2) is 6.07 Å². The maximum absolute atomic E-state index is 12.8. The molecule has 69 valence electrons. The largest absolute Gasteiger partial charge is 0.206 e. The fourth-order valence-corrected chi connectivity index (χ4v) is 1.21. The Bertz CT molecular complexity index is 324. The Balaban J connectivity index is 3.26. The Morgan fingerprint density at radius 2 is 1.62 bits per heavy atom. The molecule has 0 fully saturated rings. The molecule has 13 heavy (non-hydrogen) atoms. The summed E-state index contributed by atoms with van der Waals surface area (Å²) < 4.78 is 50.6. The average Bonchev–Trinajstić information content (AvgIpc) is 2.09. The summed E-state index contributed by atoms with van der Waals surface area (Å²) in [6.45, 7) is 0. The van der Waals surface area contributed by atoms with Gasteiger partial charge in [-0.05, 0) is 6.42 Å². The first-order chi connectivity index (χ1) is 6.07. The summed E-state index contributed by atoms with van der Waals surface area (Å²) in [4.78, 5) is 0. The molecule has 5 heteroatoms. The summed E-state index contributed by atoms with van der Waals surface area (Å²) in [6, 6.07) is 0.620. The Hall–Kier alpha value is -0.843. The van der Waals surface area contributed by atoms with Crippen molar-refractivity contribution in [1.29, 1.82) is 0 Å². The second kappa shape index (κ2) is 3.91. The molecule has 0 unspecified atom stereocenters. The van der Waals surface area contributed by atoms with Gasteiger partial charge in [0.15, 0.2) is 17.5 Å². The zero-order valence-corrected chi connectivity index (χ0v) is 7.50. The van der Waals surface area contributed by atoms with Crippen molar-refractivity contribution in [3.8, 4) is 0 Å². The van der Waals surface area contributed by atoms with E-state index in [-0.39, 0.29) is 12.5 Å². The Kier molecular flexibility index (Phi) is 3.08. The molecule has 0 aromatic heterocycles. The smallest absolute Gasteiger partial charge is 0.194 e. The van der Waals surface area contributed by atoms with Gasteiger partial charge in [0.25, 0.3) is 0 Å². The van der Waals surface area contributed by atoms with Crippen LogP contribution in [0, 0.1) is 23.3 Å². The molecule has 0 aliphatic heterocycles. The highest BCUT2D eigenvalue weighted by Gasteiger charge is 2.17. The number of halogens is 4. The lowest BCUT2D eigenvalue weighted by atomic mass is 10.1. The molecule has 0 spiro atoms. The van der Waals surface area contributed by atoms with Crippen molar-refractivity contribution < 1.29 is 17.6 Å². The first-order valence-electron chi connectivity index (χ1n) is 3.54. The van der Waals surface area contributed by atoms with Crippen LogP contribution in [0.1, 0.15) is 5.56 Å². The van der Waals surface area contributed by atoms with Crippen molar-refractivity contribution in [2.45, 2.75) is 12.5 Å². The van der Waals surface area contributed by atoms with Crippen LogP contribution < -0.4 is 0 Å². The molecule has 0 nitrogen and oxygen atoms in total. The highest BCUT2D eigenvalue weighted by atomic mass is 28.1. The van der Waals surface area contributed by atoms with E-state index < -0.39 is 28.8 Å². The van der Waals surface area contributed by atoms with E-state index in [0.717, 1.165) is 0 Å². The van der Waals surface area contributed by atoms with E-state index in [1.54, 1.807) is 0 Å². The summed E-state index contributed by atoms with van der Waals surface area (Å²) in [5, 5.41) is 0. The first kappa shape index (κ1) is 10.2. The van der Waals surface area contributed by atoms with Crippen molar-refractivity contribution in [2.75, 3.05) is 0 Å². The quantitative estimate of drug-likeness (QED) is 0.301. The molecule has 0 N–H and O–H groups in total. The molecule has 1 rings (SSSR count). The fourth-order valence-electron chi connectivity index (χ4n) is 0.958. The summed E-state index contributed by atoms with van der Waals surface area (Å²) in [6.07, 6.45) is -0.0221. The van der Waals surface area contributed by atoms with Gasteiger partial charge in [-0.2, -0.15) is 0 Å². The second-order valence-corrected chi connectivity index (χ2v) is 2.95. The number of benzene rings is 1. The maximum atomic E-state index is 12.8. The van der Waals surface area contributed by atoms with Crippen LogP contribution in [0.5, 0.6) is 0 Å². The molecule has 1 aromatic carbocycles. The molecule has 0 aliphatic carbocycles. The molecule has 0 bridgehead atoms. The average molecular weight is 205 g/mol. The third kappa shape index (κ3) is 1.91. The van der Waals surface area contributed by atoms with Gasteiger partial charge >= 0.3 is 0 Å². The Morgan fingerprint density at radius 3 is 2.15 bits per heavy atom. The maximum Gasteiger partial charge on any atom is 0.194 e. The molecule has 0 saturated carbocycles. The monoisotopic (exact) mass is 205 g/mol. The topological polar surface area (TPSA) is 0 Å². The Labute approximate surface area is 76.0 Å². The molecule has 3 radical (unpaired) electrons. The van der Waals surface area contributed by atoms with E-state index >= 15 is 0 Å². The molecule has 0 aliphatic rings. The first-order valence-corrected chi connectivity index (χ1v) is 4.25. The standard InChI is InChI=1S/C8H5F4Si/c9-5-3-6(10)8(12)7(11)4(5)1-2-13/h3H,1-2H2. The SMILES string of the molecule is Fc1cc(F)c(CC[Si])c(F)c1F. The van der Waals surface area contributed by atoms with Gasteiger partial charge in [0.05, 0.1) is 0 Å². The second-order valence-electron chi connectivity index (χ2n) is 2.45. The van der Waals surface area contributed by atoms with Gasteiger partial charge in [-0.3, -0.25) is 0 Å². The van der Waals surface area contributed by atoms with Gasteiger partial charge in [0.2, 0.25) is 0 Å². The van der Waals surface area contributed by atoms with Gasteiger partial charge in [-0.15, -0.1) is 0 Å². The lowest BCUT2D eigenvalue weighted by Gasteiger charge is -2.04. The molecular formula is C8H5F4Si. The molecule has 0 saturated heterocycles.